The maximum Gasteiger partial charge on any atom is 0.306 e. The predicted octanol–water partition coefficient (Wildman–Crippen LogP) is -0.358. The standard InChI is InChI=1S/C5H9O5S/c1-5(6)10-3-2-4-11(7,8)9/h1-4H2,(H,7,8,9). The van der Waals surface area contributed by atoms with Crippen molar-refractivity contribution in [2.45, 2.75) is 6.42 Å². The van der Waals surface area contributed by atoms with Gasteiger partial charge in [0.15, 0.2) is 0 Å². The quantitative estimate of drug-likeness (QED) is 0.364. The number of ether oxygens (including phenoxy) is 1. The molecule has 65 valence electrons. The minimum Gasteiger partial charge on any atom is -0.466 e. The van der Waals surface area contributed by atoms with E-state index in [0.29, 0.717) is 0 Å². The molecule has 0 spiro atoms. The van der Waals surface area contributed by atoms with Crippen LogP contribution in [0.5, 0.6) is 0 Å². The molecule has 1 radical (unpaired) electrons. The van der Waals surface area contributed by atoms with E-state index in [0.717, 1.165) is 0 Å². The van der Waals surface area contributed by atoms with E-state index in [2.05, 4.69) is 11.7 Å². The molecule has 11 heavy (non-hydrogen) atoms. The van der Waals surface area contributed by atoms with Gasteiger partial charge in [-0.2, -0.15) is 8.42 Å². The van der Waals surface area contributed by atoms with Gasteiger partial charge in [0.2, 0.25) is 0 Å². The van der Waals surface area contributed by atoms with E-state index in [1.165, 1.54) is 0 Å². The fourth-order valence-electron chi connectivity index (χ4n) is 0.427. The molecular weight excluding hydrogens is 172 g/mol. The lowest BCUT2D eigenvalue weighted by atomic mass is 10.5. The van der Waals surface area contributed by atoms with Gasteiger partial charge in [0, 0.05) is 0 Å². The molecule has 0 aliphatic heterocycles. The van der Waals surface area contributed by atoms with Crippen molar-refractivity contribution in [1.82, 2.24) is 0 Å². The summed E-state index contributed by atoms with van der Waals surface area (Å²) >= 11 is 0. The summed E-state index contributed by atoms with van der Waals surface area (Å²) in [5.41, 5.74) is 0. The number of hydrogen-bond donors (Lipinski definition) is 1. The van der Waals surface area contributed by atoms with Crippen molar-refractivity contribution in [1.29, 1.82) is 0 Å². The first-order valence-corrected chi connectivity index (χ1v) is 4.46. The van der Waals surface area contributed by atoms with Gasteiger partial charge in [0.05, 0.1) is 19.3 Å². The Morgan fingerprint density at radius 1 is 1.55 bits per heavy atom. The zero-order valence-electron chi connectivity index (χ0n) is 5.82. The fraction of sp³-hybridized carbons (Fsp3) is 0.600. The number of rotatable bonds is 4. The third-order valence-corrected chi connectivity index (χ3v) is 1.61. The zero-order valence-corrected chi connectivity index (χ0v) is 6.63. The second-order valence-electron chi connectivity index (χ2n) is 1.86. The molecule has 0 amide bonds. The van der Waals surface area contributed by atoms with Gasteiger partial charge in [-0.05, 0) is 6.42 Å². The molecule has 1 N–H and O–H groups in total. The van der Waals surface area contributed by atoms with Crippen LogP contribution in [0.15, 0.2) is 0 Å². The highest BCUT2D eigenvalue weighted by molar-refractivity contribution is 7.85. The monoisotopic (exact) mass is 181 g/mol. The predicted molar refractivity (Wildman–Crippen MR) is 37.3 cm³/mol. The van der Waals surface area contributed by atoms with E-state index in [4.69, 9.17) is 4.55 Å². The lowest BCUT2D eigenvalue weighted by Gasteiger charge is -1.98. The topological polar surface area (TPSA) is 80.7 Å². The SMILES string of the molecule is [CH2]C(=O)OCCCS(=O)(=O)O. The molecule has 0 aliphatic carbocycles. The summed E-state index contributed by atoms with van der Waals surface area (Å²) in [6, 6.07) is 0. The Balaban J connectivity index is 3.37. The lowest BCUT2D eigenvalue weighted by Crippen LogP contribution is -2.08. The normalized spacial score (nSPS) is 11.1. The van der Waals surface area contributed by atoms with E-state index in [1.54, 1.807) is 0 Å². The minimum atomic E-state index is -3.93. The Bertz CT molecular complexity index is 217. The highest BCUT2D eigenvalue weighted by Crippen LogP contribution is 1.89. The summed E-state index contributed by atoms with van der Waals surface area (Å²) in [6.45, 7) is 2.86. The Hall–Kier alpha value is -0.620. The first kappa shape index (κ1) is 10.4. The second-order valence-corrected chi connectivity index (χ2v) is 3.43. The van der Waals surface area contributed by atoms with Crippen molar-refractivity contribution < 1.29 is 22.5 Å². The summed E-state index contributed by atoms with van der Waals surface area (Å²) in [4.78, 5) is 10.0. The van der Waals surface area contributed by atoms with E-state index >= 15 is 0 Å². The molecule has 0 unspecified atom stereocenters. The Labute approximate surface area is 65.1 Å². The maximum atomic E-state index is 10.1. The molecule has 0 heterocycles. The van der Waals surface area contributed by atoms with Crippen LogP contribution in [0.4, 0.5) is 0 Å². The smallest absolute Gasteiger partial charge is 0.306 e. The number of carbonyl (C=O) groups is 1. The number of esters is 1. The van der Waals surface area contributed by atoms with Crippen LogP contribution in [-0.2, 0) is 19.6 Å². The highest BCUT2D eigenvalue weighted by Gasteiger charge is 2.03. The van der Waals surface area contributed by atoms with Crippen LogP contribution in [0.1, 0.15) is 6.42 Å². The first-order chi connectivity index (χ1) is 4.92. The van der Waals surface area contributed by atoms with E-state index in [-0.39, 0.29) is 13.0 Å². The molecule has 0 atom stereocenters. The summed E-state index contributed by atoms with van der Waals surface area (Å²) < 4.78 is 32.7. The van der Waals surface area contributed by atoms with Crippen LogP contribution in [0.3, 0.4) is 0 Å². The van der Waals surface area contributed by atoms with Gasteiger partial charge < -0.3 is 4.74 Å². The van der Waals surface area contributed by atoms with Gasteiger partial charge >= 0.3 is 5.97 Å². The van der Waals surface area contributed by atoms with Gasteiger partial charge in [-0.25, -0.2) is 0 Å². The van der Waals surface area contributed by atoms with Crippen molar-refractivity contribution in [3.63, 3.8) is 0 Å². The molecule has 0 saturated carbocycles. The maximum absolute atomic E-state index is 10.1. The largest absolute Gasteiger partial charge is 0.466 e. The molecular formula is C5H9O5S. The summed E-state index contributed by atoms with van der Waals surface area (Å²) in [6.07, 6.45) is 0.0834. The van der Waals surface area contributed by atoms with Crippen molar-refractivity contribution in [3.05, 3.63) is 6.92 Å². The average Bonchev–Trinajstić information content (AvgIpc) is 1.78. The Morgan fingerprint density at radius 3 is 2.45 bits per heavy atom. The Morgan fingerprint density at radius 2 is 2.09 bits per heavy atom. The fourth-order valence-corrected chi connectivity index (χ4v) is 0.910. The highest BCUT2D eigenvalue weighted by atomic mass is 32.2. The molecule has 0 aromatic rings. The van der Waals surface area contributed by atoms with Crippen LogP contribution in [0, 0.1) is 6.92 Å². The van der Waals surface area contributed by atoms with Crippen molar-refractivity contribution in [2.75, 3.05) is 12.4 Å². The molecule has 5 nitrogen and oxygen atoms in total. The molecule has 0 aromatic carbocycles. The van der Waals surface area contributed by atoms with Crippen LogP contribution in [0.25, 0.3) is 0 Å². The zero-order chi connectivity index (χ0) is 8.91. The van der Waals surface area contributed by atoms with Gasteiger partial charge in [-0.15, -0.1) is 0 Å². The second kappa shape index (κ2) is 4.30. The third kappa shape index (κ3) is 9.38. The number of carbonyl (C=O) groups excluding carboxylic acids is 1. The first-order valence-electron chi connectivity index (χ1n) is 2.86. The molecule has 0 fully saturated rings. The van der Waals surface area contributed by atoms with Crippen molar-refractivity contribution >= 4 is 16.1 Å². The van der Waals surface area contributed by atoms with Crippen molar-refractivity contribution in [3.8, 4) is 0 Å². The number of hydrogen-bond acceptors (Lipinski definition) is 4. The van der Waals surface area contributed by atoms with Crippen LogP contribution >= 0.6 is 0 Å². The van der Waals surface area contributed by atoms with E-state index in [9.17, 15) is 13.2 Å². The lowest BCUT2D eigenvalue weighted by molar-refractivity contribution is -0.138. The molecule has 0 aliphatic rings. The third-order valence-electron chi connectivity index (χ3n) is 0.810. The van der Waals surface area contributed by atoms with Crippen LogP contribution in [-0.4, -0.2) is 31.3 Å². The summed E-state index contributed by atoms with van der Waals surface area (Å²) in [7, 11) is -3.93. The van der Waals surface area contributed by atoms with Gasteiger partial charge in [0.1, 0.15) is 0 Å². The van der Waals surface area contributed by atoms with Gasteiger partial charge in [-0.1, -0.05) is 0 Å². The summed E-state index contributed by atoms with van der Waals surface area (Å²) in [5, 5.41) is 0. The summed E-state index contributed by atoms with van der Waals surface area (Å²) in [5.74, 6) is -1.11. The molecule has 0 saturated heterocycles. The minimum absolute atomic E-state index is 0.0396. The van der Waals surface area contributed by atoms with Crippen molar-refractivity contribution in [2.24, 2.45) is 0 Å². The van der Waals surface area contributed by atoms with E-state index < -0.39 is 21.8 Å². The van der Waals surface area contributed by atoms with Gasteiger partial charge in [0.25, 0.3) is 10.1 Å². The Kier molecular flexibility index (Phi) is 4.06. The molecule has 0 bridgehead atoms. The van der Waals surface area contributed by atoms with Crippen LogP contribution < -0.4 is 0 Å². The molecule has 0 rings (SSSR count). The van der Waals surface area contributed by atoms with Crippen LogP contribution in [0.2, 0.25) is 0 Å². The molecule has 0 aromatic heterocycles. The van der Waals surface area contributed by atoms with Gasteiger partial charge in [-0.3, -0.25) is 9.35 Å². The molecule has 6 heteroatoms. The van der Waals surface area contributed by atoms with E-state index in [1.807, 2.05) is 0 Å². The average molecular weight is 181 g/mol.